The van der Waals surface area contributed by atoms with E-state index < -0.39 is 0 Å². The van der Waals surface area contributed by atoms with Crippen LogP contribution in [0, 0.1) is 5.41 Å². The second kappa shape index (κ2) is 5.86. The molecule has 4 heteroatoms. The zero-order chi connectivity index (χ0) is 14.0. The first kappa shape index (κ1) is 14.1. The van der Waals surface area contributed by atoms with Crippen LogP contribution in [0.5, 0.6) is 0 Å². The van der Waals surface area contributed by atoms with Crippen molar-refractivity contribution in [2.75, 3.05) is 26.2 Å². The van der Waals surface area contributed by atoms with Crippen molar-refractivity contribution in [3.05, 3.63) is 34.3 Å². The number of nitrogens with one attached hydrogen (secondary N) is 1. The average Bonchev–Trinajstić information content (AvgIpc) is 2.90. The minimum atomic E-state index is 0.262. The molecule has 1 N–H and O–H groups in total. The van der Waals surface area contributed by atoms with E-state index in [9.17, 15) is 4.79 Å². The zero-order valence-corrected chi connectivity index (χ0v) is 13.3. The second-order valence-corrected chi connectivity index (χ2v) is 6.93. The molecule has 0 bridgehead atoms. The molecule has 1 aromatic carbocycles. The SMILES string of the molecule is O=C(Cc1ccccc1Br)N1CCC2(CCNC2)CC1. The van der Waals surface area contributed by atoms with E-state index in [-0.39, 0.29) is 5.91 Å². The molecular weight excluding hydrogens is 316 g/mol. The predicted octanol–water partition coefficient (Wildman–Crippen LogP) is 2.59. The van der Waals surface area contributed by atoms with E-state index in [1.807, 2.05) is 29.2 Å². The molecule has 2 aliphatic heterocycles. The fourth-order valence-electron chi connectivity index (χ4n) is 3.37. The molecular formula is C16H21BrN2O. The number of amides is 1. The van der Waals surface area contributed by atoms with Gasteiger partial charge < -0.3 is 10.2 Å². The van der Waals surface area contributed by atoms with Crippen molar-refractivity contribution in [3.63, 3.8) is 0 Å². The number of piperidine rings is 1. The first-order valence-corrected chi connectivity index (χ1v) is 8.20. The first-order chi connectivity index (χ1) is 9.69. The second-order valence-electron chi connectivity index (χ2n) is 6.08. The number of likely N-dealkylation sites (tertiary alicyclic amines) is 1. The highest BCUT2D eigenvalue weighted by Crippen LogP contribution is 2.37. The maximum atomic E-state index is 12.4. The van der Waals surface area contributed by atoms with E-state index in [0.717, 1.165) is 49.1 Å². The lowest BCUT2D eigenvalue weighted by Crippen LogP contribution is -2.44. The zero-order valence-electron chi connectivity index (χ0n) is 11.7. The van der Waals surface area contributed by atoms with Crippen molar-refractivity contribution in [1.82, 2.24) is 10.2 Å². The molecule has 2 saturated heterocycles. The monoisotopic (exact) mass is 336 g/mol. The van der Waals surface area contributed by atoms with Crippen LogP contribution in [0.3, 0.4) is 0 Å². The van der Waals surface area contributed by atoms with Crippen LogP contribution in [0.1, 0.15) is 24.8 Å². The van der Waals surface area contributed by atoms with Gasteiger partial charge in [-0.2, -0.15) is 0 Å². The number of halogens is 1. The fourth-order valence-corrected chi connectivity index (χ4v) is 3.79. The van der Waals surface area contributed by atoms with Gasteiger partial charge in [0, 0.05) is 24.1 Å². The van der Waals surface area contributed by atoms with Crippen LogP contribution < -0.4 is 5.32 Å². The van der Waals surface area contributed by atoms with Gasteiger partial charge in [0.05, 0.1) is 6.42 Å². The van der Waals surface area contributed by atoms with Gasteiger partial charge in [0.1, 0.15) is 0 Å². The minimum Gasteiger partial charge on any atom is -0.342 e. The summed E-state index contributed by atoms with van der Waals surface area (Å²) in [6.45, 7) is 4.13. The van der Waals surface area contributed by atoms with Crippen molar-refractivity contribution in [3.8, 4) is 0 Å². The van der Waals surface area contributed by atoms with Crippen LogP contribution in [0.4, 0.5) is 0 Å². The molecule has 0 saturated carbocycles. The normalized spacial score (nSPS) is 21.4. The Morgan fingerprint density at radius 1 is 1.25 bits per heavy atom. The largest absolute Gasteiger partial charge is 0.342 e. The summed E-state index contributed by atoms with van der Waals surface area (Å²) in [5.41, 5.74) is 1.56. The average molecular weight is 337 g/mol. The van der Waals surface area contributed by atoms with Crippen molar-refractivity contribution in [2.45, 2.75) is 25.7 Å². The molecule has 1 aromatic rings. The van der Waals surface area contributed by atoms with E-state index in [4.69, 9.17) is 0 Å². The lowest BCUT2D eigenvalue weighted by atomic mass is 9.78. The van der Waals surface area contributed by atoms with E-state index in [2.05, 4.69) is 21.2 Å². The van der Waals surface area contributed by atoms with Gasteiger partial charge in [-0.1, -0.05) is 34.1 Å². The third-order valence-electron chi connectivity index (χ3n) is 4.81. The Morgan fingerprint density at radius 2 is 2.00 bits per heavy atom. The number of hydrogen-bond acceptors (Lipinski definition) is 2. The molecule has 0 unspecified atom stereocenters. The molecule has 2 heterocycles. The highest BCUT2D eigenvalue weighted by molar-refractivity contribution is 9.10. The summed E-state index contributed by atoms with van der Waals surface area (Å²) < 4.78 is 1.03. The summed E-state index contributed by atoms with van der Waals surface area (Å²) in [6, 6.07) is 7.99. The summed E-state index contributed by atoms with van der Waals surface area (Å²) in [4.78, 5) is 14.5. The van der Waals surface area contributed by atoms with Crippen molar-refractivity contribution < 1.29 is 4.79 Å². The van der Waals surface area contributed by atoms with Crippen LogP contribution >= 0.6 is 15.9 Å². The Morgan fingerprint density at radius 3 is 2.65 bits per heavy atom. The molecule has 1 amide bonds. The smallest absolute Gasteiger partial charge is 0.227 e. The Kier molecular flexibility index (Phi) is 4.13. The molecule has 1 spiro atoms. The van der Waals surface area contributed by atoms with Crippen LogP contribution in [-0.2, 0) is 11.2 Å². The molecule has 0 aromatic heterocycles. The van der Waals surface area contributed by atoms with Gasteiger partial charge in [-0.3, -0.25) is 4.79 Å². The van der Waals surface area contributed by atoms with Crippen LogP contribution in [0.25, 0.3) is 0 Å². The summed E-state index contributed by atoms with van der Waals surface area (Å²) in [6.07, 6.45) is 4.09. The van der Waals surface area contributed by atoms with Gasteiger partial charge in [-0.25, -0.2) is 0 Å². The van der Waals surface area contributed by atoms with Crippen molar-refractivity contribution >= 4 is 21.8 Å². The standard InChI is InChI=1S/C16H21BrN2O/c17-14-4-2-1-3-13(14)11-15(20)19-9-6-16(7-10-19)5-8-18-12-16/h1-4,18H,5-12H2. The highest BCUT2D eigenvalue weighted by Gasteiger charge is 2.37. The van der Waals surface area contributed by atoms with Crippen molar-refractivity contribution in [1.29, 1.82) is 0 Å². The topological polar surface area (TPSA) is 32.3 Å². The van der Waals surface area contributed by atoms with E-state index in [1.54, 1.807) is 0 Å². The Labute approximate surface area is 128 Å². The minimum absolute atomic E-state index is 0.262. The Balaban J connectivity index is 1.58. The first-order valence-electron chi connectivity index (χ1n) is 7.40. The lowest BCUT2D eigenvalue weighted by molar-refractivity contribution is -0.132. The molecule has 2 fully saturated rings. The quantitative estimate of drug-likeness (QED) is 0.900. The molecule has 0 atom stereocenters. The molecule has 3 rings (SSSR count). The predicted molar refractivity (Wildman–Crippen MR) is 83.6 cm³/mol. The van der Waals surface area contributed by atoms with E-state index in [1.165, 1.54) is 6.42 Å². The van der Waals surface area contributed by atoms with Crippen LogP contribution in [0.2, 0.25) is 0 Å². The molecule has 3 nitrogen and oxygen atoms in total. The number of benzene rings is 1. The van der Waals surface area contributed by atoms with Gasteiger partial charge >= 0.3 is 0 Å². The van der Waals surface area contributed by atoms with Crippen LogP contribution in [0.15, 0.2) is 28.7 Å². The summed E-state index contributed by atoms with van der Waals surface area (Å²) in [5.74, 6) is 0.262. The Hall–Kier alpha value is -0.870. The van der Waals surface area contributed by atoms with E-state index in [0.29, 0.717) is 11.8 Å². The maximum Gasteiger partial charge on any atom is 0.227 e. The van der Waals surface area contributed by atoms with Gasteiger partial charge in [0.15, 0.2) is 0 Å². The lowest BCUT2D eigenvalue weighted by Gasteiger charge is -2.39. The van der Waals surface area contributed by atoms with Gasteiger partial charge in [-0.15, -0.1) is 0 Å². The fraction of sp³-hybridized carbons (Fsp3) is 0.562. The van der Waals surface area contributed by atoms with Gasteiger partial charge in [0.2, 0.25) is 5.91 Å². The van der Waals surface area contributed by atoms with E-state index >= 15 is 0 Å². The summed E-state index contributed by atoms with van der Waals surface area (Å²) in [7, 11) is 0. The molecule has 108 valence electrons. The third kappa shape index (κ3) is 2.91. The number of nitrogens with zero attached hydrogens (tertiary/aromatic N) is 1. The number of carbonyl (C=O) groups is 1. The van der Waals surface area contributed by atoms with Crippen molar-refractivity contribution in [2.24, 2.45) is 5.41 Å². The van der Waals surface area contributed by atoms with Gasteiger partial charge in [-0.05, 0) is 42.9 Å². The summed E-state index contributed by atoms with van der Waals surface area (Å²) >= 11 is 3.52. The number of carbonyl (C=O) groups excluding carboxylic acids is 1. The van der Waals surface area contributed by atoms with Crippen LogP contribution in [-0.4, -0.2) is 37.0 Å². The third-order valence-corrected chi connectivity index (χ3v) is 5.58. The summed E-state index contributed by atoms with van der Waals surface area (Å²) in [5, 5.41) is 3.46. The molecule has 0 radical (unpaired) electrons. The van der Waals surface area contributed by atoms with Gasteiger partial charge in [0.25, 0.3) is 0 Å². The highest BCUT2D eigenvalue weighted by atomic mass is 79.9. The number of rotatable bonds is 2. The molecule has 2 aliphatic rings. The number of hydrogen-bond donors (Lipinski definition) is 1. The molecule has 0 aliphatic carbocycles. The molecule has 20 heavy (non-hydrogen) atoms. The Bertz CT molecular complexity index is 487. The maximum absolute atomic E-state index is 12.4.